The number of amides is 1. The summed E-state index contributed by atoms with van der Waals surface area (Å²) in [6.45, 7) is 1.08. The van der Waals surface area contributed by atoms with Crippen molar-refractivity contribution in [1.82, 2.24) is 9.47 Å². The Morgan fingerprint density at radius 2 is 1.85 bits per heavy atom. The van der Waals surface area contributed by atoms with E-state index in [1.165, 1.54) is 11.3 Å². The molecule has 176 valence electrons. The number of carbonyl (C=O) groups is 1. The van der Waals surface area contributed by atoms with Gasteiger partial charge in [-0.25, -0.2) is 8.42 Å². The van der Waals surface area contributed by atoms with Crippen molar-refractivity contribution in [3.05, 3.63) is 51.1 Å². The molecule has 1 aliphatic rings. The zero-order chi connectivity index (χ0) is 23.8. The van der Waals surface area contributed by atoms with Crippen LogP contribution in [0.4, 0.5) is 0 Å². The van der Waals surface area contributed by atoms with Gasteiger partial charge >= 0.3 is 0 Å². The number of hydrogen-bond donors (Lipinski definition) is 1. The SMILES string of the molecule is C/N=c1\sc(C2CCN(C(=O)CCS(=O)(=O)c3ccc4cc(Cl)ccc4c3)CC2)c(O)n1C. The number of piperidine rings is 1. The summed E-state index contributed by atoms with van der Waals surface area (Å²) < 4.78 is 27.3. The molecule has 2 heterocycles. The number of benzene rings is 2. The van der Waals surface area contributed by atoms with Crippen LogP contribution in [0, 0.1) is 0 Å². The van der Waals surface area contributed by atoms with Crippen molar-refractivity contribution in [2.45, 2.75) is 30.1 Å². The quantitative estimate of drug-likeness (QED) is 0.570. The minimum atomic E-state index is -3.58. The summed E-state index contributed by atoms with van der Waals surface area (Å²) >= 11 is 7.47. The summed E-state index contributed by atoms with van der Waals surface area (Å²) in [6.07, 6.45) is 1.40. The Morgan fingerprint density at radius 1 is 1.18 bits per heavy atom. The van der Waals surface area contributed by atoms with Gasteiger partial charge in [-0.3, -0.25) is 14.4 Å². The fraction of sp³-hybridized carbons (Fsp3) is 0.391. The summed E-state index contributed by atoms with van der Waals surface area (Å²) in [5.74, 6) is 0.00726. The lowest BCUT2D eigenvalue weighted by atomic mass is 9.95. The van der Waals surface area contributed by atoms with E-state index in [2.05, 4.69) is 4.99 Å². The van der Waals surface area contributed by atoms with Gasteiger partial charge in [-0.2, -0.15) is 0 Å². The molecule has 1 aliphatic heterocycles. The largest absolute Gasteiger partial charge is 0.494 e. The second-order valence-electron chi connectivity index (χ2n) is 8.23. The molecular weight excluding hydrogens is 482 g/mol. The van der Waals surface area contributed by atoms with Gasteiger partial charge in [0.2, 0.25) is 11.8 Å². The number of aromatic nitrogens is 1. The number of fused-ring (bicyclic) bond motifs is 1. The van der Waals surface area contributed by atoms with Crippen molar-refractivity contribution in [3.63, 3.8) is 0 Å². The van der Waals surface area contributed by atoms with Crippen molar-refractivity contribution < 1.29 is 18.3 Å². The summed E-state index contributed by atoms with van der Waals surface area (Å²) in [7, 11) is -0.113. The maximum atomic E-state index is 12.8. The Labute approximate surface area is 201 Å². The van der Waals surface area contributed by atoms with Gasteiger partial charge in [0, 0.05) is 44.5 Å². The number of aromatic hydroxyl groups is 1. The third kappa shape index (κ3) is 4.95. The summed E-state index contributed by atoms with van der Waals surface area (Å²) in [5, 5.41) is 12.6. The molecule has 1 saturated heterocycles. The van der Waals surface area contributed by atoms with Gasteiger partial charge in [0.25, 0.3) is 0 Å². The molecule has 3 aromatic rings. The van der Waals surface area contributed by atoms with Gasteiger partial charge in [0.05, 0.1) is 15.5 Å². The molecule has 0 radical (unpaired) electrons. The molecule has 7 nitrogen and oxygen atoms in total. The van der Waals surface area contributed by atoms with Crippen LogP contribution in [0.25, 0.3) is 10.8 Å². The third-order valence-electron chi connectivity index (χ3n) is 6.15. The first-order valence-corrected chi connectivity index (χ1v) is 13.6. The first kappa shape index (κ1) is 23.8. The normalized spacial score (nSPS) is 16.0. The third-order valence-corrected chi connectivity index (χ3v) is 9.48. The molecule has 0 bridgehead atoms. The van der Waals surface area contributed by atoms with E-state index in [1.807, 2.05) is 0 Å². The standard InChI is InChI=1S/C23H26ClN3O4S2/c1-25-23-26(2)22(29)21(32-23)15-7-10-27(11-8-15)20(28)9-12-33(30,31)19-6-4-16-13-18(24)5-3-17(16)14-19/h3-6,13-15,29H,7-12H2,1-2H3/b25-23-. The Morgan fingerprint density at radius 3 is 2.52 bits per heavy atom. The number of hydrogen-bond acceptors (Lipinski definition) is 6. The highest BCUT2D eigenvalue weighted by Crippen LogP contribution is 2.35. The van der Waals surface area contributed by atoms with E-state index >= 15 is 0 Å². The number of rotatable bonds is 5. The molecule has 0 aliphatic carbocycles. The number of carbonyl (C=O) groups excluding carboxylic acids is 1. The van der Waals surface area contributed by atoms with E-state index in [1.54, 1.807) is 60.0 Å². The van der Waals surface area contributed by atoms with E-state index in [0.717, 1.165) is 33.3 Å². The van der Waals surface area contributed by atoms with Crippen LogP contribution in [0.5, 0.6) is 5.88 Å². The van der Waals surface area contributed by atoms with Crippen LogP contribution in [0.2, 0.25) is 5.02 Å². The van der Waals surface area contributed by atoms with Gasteiger partial charge in [0.1, 0.15) is 0 Å². The smallest absolute Gasteiger partial charge is 0.223 e. The van der Waals surface area contributed by atoms with Crippen LogP contribution in [0.3, 0.4) is 0 Å². The summed E-state index contributed by atoms with van der Waals surface area (Å²) in [5.41, 5.74) is 0. The predicted octanol–water partition coefficient (Wildman–Crippen LogP) is 3.70. The van der Waals surface area contributed by atoms with Crippen LogP contribution < -0.4 is 4.80 Å². The van der Waals surface area contributed by atoms with Crippen LogP contribution in [-0.2, 0) is 21.7 Å². The van der Waals surface area contributed by atoms with Crippen LogP contribution in [0.15, 0.2) is 46.3 Å². The first-order valence-electron chi connectivity index (χ1n) is 10.7. The highest BCUT2D eigenvalue weighted by atomic mass is 35.5. The molecular formula is C23H26ClN3O4S2. The van der Waals surface area contributed by atoms with E-state index in [-0.39, 0.29) is 34.8 Å². The molecule has 10 heteroatoms. The molecule has 4 rings (SSSR count). The van der Waals surface area contributed by atoms with Crippen molar-refractivity contribution >= 4 is 49.5 Å². The van der Waals surface area contributed by atoms with Crippen molar-refractivity contribution in [3.8, 4) is 5.88 Å². The number of halogens is 1. The number of nitrogens with zero attached hydrogens (tertiary/aromatic N) is 3. The van der Waals surface area contributed by atoms with Crippen LogP contribution in [-0.4, -0.2) is 54.8 Å². The Balaban J connectivity index is 1.37. The lowest BCUT2D eigenvalue weighted by molar-refractivity contribution is -0.131. The number of thiazole rings is 1. The minimum absolute atomic E-state index is 0.0519. The van der Waals surface area contributed by atoms with Gasteiger partial charge < -0.3 is 10.0 Å². The second kappa shape index (κ2) is 9.48. The van der Waals surface area contributed by atoms with Crippen molar-refractivity contribution in [2.24, 2.45) is 12.0 Å². The van der Waals surface area contributed by atoms with E-state index in [4.69, 9.17) is 11.6 Å². The summed E-state index contributed by atoms with van der Waals surface area (Å²) in [4.78, 5) is 20.5. The van der Waals surface area contributed by atoms with Gasteiger partial charge in [-0.05, 0) is 47.9 Å². The summed E-state index contributed by atoms with van der Waals surface area (Å²) in [6, 6.07) is 10.2. The van der Waals surface area contributed by atoms with E-state index in [0.29, 0.717) is 18.1 Å². The van der Waals surface area contributed by atoms with Gasteiger partial charge in [-0.1, -0.05) is 35.1 Å². The highest BCUT2D eigenvalue weighted by Gasteiger charge is 2.28. The predicted molar refractivity (Wildman–Crippen MR) is 131 cm³/mol. The number of likely N-dealkylation sites (tertiary alicyclic amines) is 1. The molecule has 2 aromatic carbocycles. The van der Waals surface area contributed by atoms with Crippen LogP contribution in [0.1, 0.15) is 30.1 Å². The highest BCUT2D eigenvalue weighted by molar-refractivity contribution is 7.91. The molecule has 1 fully saturated rings. The molecule has 0 spiro atoms. The number of sulfone groups is 1. The molecule has 1 N–H and O–H groups in total. The second-order valence-corrected chi connectivity index (χ2v) is 11.8. The molecule has 0 unspecified atom stereocenters. The van der Waals surface area contributed by atoms with Crippen molar-refractivity contribution in [1.29, 1.82) is 0 Å². The Kier molecular flexibility index (Phi) is 6.83. The van der Waals surface area contributed by atoms with Crippen LogP contribution >= 0.6 is 22.9 Å². The Hall–Kier alpha value is -2.36. The molecule has 1 aromatic heterocycles. The van der Waals surface area contributed by atoms with Crippen molar-refractivity contribution in [2.75, 3.05) is 25.9 Å². The fourth-order valence-corrected chi connectivity index (χ4v) is 6.79. The lowest BCUT2D eigenvalue weighted by Gasteiger charge is -2.31. The Bertz CT molecular complexity index is 1370. The molecule has 0 saturated carbocycles. The fourth-order valence-electron chi connectivity index (χ4n) is 4.21. The lowest BCUT2D eigenvalue weighted by Crippen LogP contribution is -2.38. The zero-order valence-corrected chi connectivity index (χ0v) is 20.9. The minimum Gasteiger partial charge on any atom is -0.494 e. The van der Waals surface area contributed by atoms with Gasteiger partial charge in [-0.15, -0.1) is 0 Å². The van der Waals surface area contributed by atoms with Gasteiger partial charge in [0.15, 0.2) is 14.6 Å². The topological polar surface area (TPSA) is 92.0 Å². The average Bonchev–Trinajstić information content (AvgIpc) is 3.11. The zero-order valence-electron chi connectivity index (χ0n) is 18.5. The average molecular weight is 508 g/mol. The monoisotopic (exact) mass is 507 g/mol. The molecule has 33 heavy (non-hydrogen) atoms. The van der Waals surface area contributed by atoms with E-state index in [9.17, 15) is 18.3 Å². The van der Waals surface area contributed by atoms with E-state index < -0.39 is 9.84 Å². The maximum absolute atomic E-state index is 12.8. The molecule has 0 atom stereocenters. The molecule has 1 amide bonds. The maximum Gasteiger partial charge on any atom is 0.223 e. The first-order chi connectivity index (χ1) is 15.7.